The Balaban J connectivity index is 1.47. The van der Waals surface area contributed by atoms with Gasteiger partial charge in [0.05, 0.1) is 6.61 Å². The zero-order chi connectivity index (χ0) is 19.5. The van der Waals surface area contributed by atoms with Crippen LogP contribution in [0, 0.1) is 11.8 Å². The first-order valence-corrected chi connectivity index (χ1v) is 9.99. The van der Waals surface area contributed by atoms with Crippen molar-refractivity contribution in [2.24, 2.45) is 17.6 Å². The van der Waals surface area contributed by atoms with Gasteiger partial charge in [0, 0.05) is 42.7 Å². The van der Waals surface area contributed by atoms with Gasteiger partial charge in [-0.05, 0) is 55.9 Å². The molecular weight excluding hydrogens is 354 g/mol. The van der Waals surface area contributed by atoms with E-state index in [0.29, 0.717) is 42.1 Å². The topological polar surface area (TPSA) is 77.7 Å². The molecule has 1 saturated heterocycles. The maximum absolute atomic E-state index is 13.0. The van der Waals surface area contributed by atoms with Crippen molar-refractivity contribution in [2.45, 2.75) is 32.4 Å². The summed E-state index contributed by atoms with van der Waals surface area (Å²) in [6.07, 6.45) is 5.71. The molecule has 1 aliphatic heterocycles. The van der Waals surface area contributed by atoms with Crippen LogP contribution in [0.4, 0.5) is 0 Å². The van der Waals surface area contributed by atoms with Crippen LogP contribution in [-0.4, -0.2) is 41.5 Å². The summed E-state index contributed by atoms with van der Waals surface area (Å²) in [7, 11) is 0. The Morgan fingerprint density at radius 2 is 2.11 bits per heavy atom. The van der Waals surface area contributed by atoms with Crippen molar-refractivity contribution >= 4 is 5.91 Å². The Labute approximate surface area is 165 Å². The molecule has 1 aliphatic carbocycles. The quantitative estimate of drug-likeness (QED) is 0.832. The molecule has 1 amide bonds. The zero-order valence-electron chi connectivity index (χ0n) is 16.2. The predicted molar refractivity (Wildman–Crippen MR) is 106 cm³/mol. The van der Waals surface area contributed by atoms with Crippen LogP contribution < -0.4 is 15.2 Å². The van der Waals surface area contributed by atoms with Gasteiger partial charge >= 0.3 is 0 Å². The van der Waals surface area contributed by atoms with Crippen LogP contribution in [0.5, 0.6) is 11.5 Å². The van der Waals surface area contributed by atoms with Crippen molar-refractivity contribution in [3.05, 3.63) is 53.9 Å². The van der Waals surface area contributed by atoms with E-state index in [2.05, 4.69) is 4.98 Å². The molecule has 6 nitrogen and oxygen atoms in total. The lowest BCUT2D eigenvalue weighted by Gasteiger charge is -2.20. The fraction of sp³-hybridized carbons (Fsp3) is 0.455. The Morgan fingerprint density at radius 1 is 1.21 bits per heavy atom. The number of aromatic nitrogens is 1. The molecule has 2 aromatic rings. The Hall–Kier alpha value is -2.60. The van der Waals surface area contributed by atoms with E-state index in [1.807, 2.05) is 36.1 Å². The molecule has 1 aromatic heterocycles. The Kier molecular flexibility index (Phi) is 5.48. The molecule has 0 spiro atoms. The highest BCUT2D eigenvalue weighted by Crippen LogP contribution is 2.38. The number of hydrogen-bond acceptors (Lipinski definition) is 5. The molecule has 148 valence electrons. The lowest BCUT2D eigenvalue weighted by molar-refractivity contribution is 0.0779. The Bertz CT molecular complexity index is 827. The van der Waals surface area contributed by atoms with E-state index in [1.54, 1.807) is 18.5 Å². The maximum Gasteiger partial charge on any atom is 0.254 e. The molecule has 1 saturated carbocycles. The van der Waals surface area contributed by atoms with Gasteiger partial charge in [0.1, 0.15) is 6.61 Å². The average Bonchev–Trinajstić information content (AvgIpc) is 3.29. The second-order valence-electron chi connectivity index (χ2n) is 7.62. The highest BCUT2D eigenvalue weighted by Gasteiger charge is 2.42. The number of nitrogens with two attached hydrogens (primary N) is 1. The average molecular weight is 381 g/mol. The molecule has 2 fully saturated rings. The molecule has 3 unspecified atom stereocenters. The first-order chi connectivity index (χ1) is 13.7. The van der Waals surface area contributed by atoms with Gasteiger partial charge in [0.2, 0.25) is 0 Å². The monoisotopic (exact) mass is 381 g/mol. The van der Waals surface area contributed by atoms with Gasteiger partial charge in [0.25, 0.3) is 5.91 Å². The van der Waals surface area contributed by atoms with Crippen LogP contribution >= 0.6 is 0 Å². The maximum atomic E-state index is 13.0. The predicted octanol–water partition coefficient (Wildman–Crippen LogP) is 2.87. The Morgan fingerprint density at radius 3 is 2.86 bits per heavy atom. The number of carbonyl (C=O) groups excluding carboxylic acids is 1. The number of fused-ring (bicyclic) bond motifs is 1. The van der Waals surface area contributed by atoms with Crippen molar-refractivity contribution < 1.29 is 14.3 Å². The summed E-state index contributed by atoms with van der Waals surface area (Å²) in [5.41, 5.74) is 7.81. The molecule has 6 heteroatoms. The fourth-order valence-electron chi connectivity index (χ4n) is 4.33. The summed E-state index contributed by atoms with van der Waals surface area (Å²) >= 11 is 0. The minimum absolute atomic E-state index is 0.0429. The SMILES string of the molecule is CCOc1cc(C(=O)N2CC3CCC(N)C3C2)ccc1OCc1cccnc1. The number of ether oxygens (including phenoxy) is 2. The van der Waals surface area contributed by atoms with Gasteiger partial charge < -0.3 is 20.1 Å². The molecule has 0 radical (unpaired) electrons. The number of rotatable bonds is 6. The molecule has 0 bridgehead atoms. The first-order valence-electron chi connectivity index (χ1n) is 9.99. The van der Waals surface area contributed by atoms with Gasteiger partial charge in [0.15, 0.2) is 11.5 Å². The van der Waals surface area contributed by atoms with E-state index in [0.717, 1.165) is 31.5 Å². The normalized spacial score (nSPS) is 23.5. The van der Waals surface area contributed by atoms with Crippen molar-refractivity contribution in [2.75, 3.05) is 19.7 Å². The summed E-state index contributed by atoms with van der Waals surface area (Å²) in [4.78, 5) is 19.0. The third-order valence-electron chi connectivity index (χ3n) is 5.81. The van der Waals surface area contributed by atoms with Gasteiger partial charge in [-0.3, -0.25) is 9.78 Å². The van der Waals surface area contributed by atoms with E-state index in [9.17, 15) is 4.79 Å². The molecule has 3 atom stereocenters. The number of benzene rings is 1. The van der Waals surface area contributed by atoms with E-state index in [1.165, 1.54) is 0 Å². The largest absolute Gasteiger partial charge is 0.490 e. The lowest BCUT2D eigenvalue weighted by atomic mass is 9.98. The van der Waals surface area contributed by atoms with Crippen LogP contribution in [0.15, 0.2) is 42.7 Å². The third-order valence-corrected chi connectivity index (χ3v) is 5.81. The smallest absolute Gasteiger partial charge is 0.254 e. The van der Waals surface area contributed by atoms with Crippen LogP contribution in [0.3, 0.4) is 0 Å². The van der Waals surface area contributed by atoms with Gasteiger partial charge in [-0.1, -0.05) is 6.07 Å². The summed E-state index contributed by atoms with van der Waals surface area (Å²) in [5.74, 6) is 2.25. The summed E-state index contributed by atoms with van der Waals surface area (Å²) in [5, 5.41) is 0. The standard InChI is InChI=1S/C22H27N3O3/c1-2-27-21-10-16(6-8-20(21)28-14-15-4-3-9-24-11-15)22(26)25-12-17-5-7-19(23)18(17)13-25/h3-4,6,8-11,17-19H,2,5,7,12-14,23H2,1H3. The first kappa shape index (κ1) is 18.7. The highest BCUT2D eigenvalue weighted by atomic mass is 16.5. The number of carbonyl (C=O) groups is 1. The molecule has 28 heavy (non-hydrogen) atoms. The minimum atomic E-state index is 0.0429. The number of nitrogens with zero attached hydrogens (tertiary/aromatic N) is 2. The van der Waals surface area contributed by atoms with E-state index >= 15 is 0 Å². The van der Waals surface area contributed by atoms with Crippen LogP contribution in [0.2, 0.25) is 0 Å². The van der Waals surface area contributed by atoms with Crippen molar-refractivity contribution in [3.8, 4) is 11.5 Å². The van der Waals surface area contributed by atoms with Crippen molar-refractivity contribution in [1.82, 2.24) is 9.88 Å². The summed E-state index contributed by atoms with van der Waals surface area (Å²) < 4.78 is 11.6. The summed E-state index contributed by atoms with van der Waals surface area (Å²) in [6, 6.07) is 9.49. The number of likely N-dealkylation sites (tertiary alicyclic amines) is 1. The molecule has 2 N–H and O–H groups in total. The minimum Gasteiger partial charge on any atom is -0.490 e. The second-order valence-corrected chi connectivity index (χ2v) is 7.62. The second kappa shape index (κ2) is 8.19. The van der Waals surface area contributed by atoms with E-state index < -0.39 is 0 Å². The lowest BCUT2D eigenvalue weighted by Crippen LogP contribution is -2.33. The third kappa shape index (κ3) is 3.83. The molecular formula is C22H27N3O3. The van der Waals surface area contributed by atoms with Crippen LogP contribution in [0.1, 0.15) is 35.7 Å². The van der Waals surface area contributed by atoms with Crippen molar-refractivity contribution in [1.29, 1.82) is 0 Å². The van der Waals surface area contributed by atoms with E-state index in [4.69, 9.17) is 15.2 Å². The number of pyridine rings is 1. The molecule has 2 heterocycles. The van der Waals surface area contributed by atoms with Crippen LogP contribution in [0.25, 0.3) is 0 Å². The molecule has 1 aromatic carbocycles. The van der Waals surface area contributed by atoms with Gasteiger partial charge in [-0.25, -0.2) is 0 Å². The zero-order valence-corrected chi connectivity index (χ0v) is 16.2. The van der Waals surface area contributed by atoms with Gasteiger partial charge in [-0.15, -0.1) is 0 Å². The number of amides is 1. The van der Waals surface area contributed by atoms with Gasteiger partial charge in [-0.2, -0.15) is 0 Å². The molecule has 4 rings (SSSR count). The molecule has 2 aliphatic rings. The highest BCUT2D eigenvalue weighted by molar-refractivity contribution is 5.95. The van der Waals surface area contributed by atoms with Crippen molar-refractivity contribution in [3.63, 3.8) is 0 Å². The summed E-state index contributed by atoms with van der Waals surface area (Å²) in [6.45, 7) is 4.38. The number of hydrogen-bond donors (Lipinski definition) is 1. The fourth-order valence-corrected chi connectivity index (χ4v) is 4.33. The van der Waals surface area contributed by atoms with Crippen LogP contribution in [-0.2, 0) is 6.61 Å². The van der Waals surface area contributed by atoms with E-state index in [-0.39, 0.29) is 11.9 Å².